The number of benzene rings is 1. The van der Waals surface area contributed by atoms with Crippen LogP contribution in [0.5, 0.6) is 5.75 Å². The van der Waals surface area contributed by atoms with Crippen molar-refractivity contribution in [2.45, 2.75) is 11.3 Å². The van der Waals surface area contributed by atoms with E-state index in [1.165, 1.54) is 7.11 Å². The third-order valence-corrected chi connectivity index (χ3v) is 3.61. The first-order valence-corrected chi connectivity index (χ1v) is 7.36. The molecule has 8 heteroatoms. The van der Waals surface area contributed by atoms with E-state index in [0.717, 1.165) is 17.8 Å². The van der Waals surface area contributed by atoms with Crippen LogP contribution in [-0.4, -0.2) is 29.4 Å². The number of thioether (sulfide) groups is 1. The topological polar surface area (TPSA) is 61.0 Å². The molecule has 0 aliphatic heterocycles. The number of nitrogens with two attached hydrogens (primary N) is 1. The Kier molecular flexibility index (Phi) is 5.25. The van der Waals surface area contributed by atoms with Crippen molar-refractivity contribution in [1.82, 2.24) is 9.97 Å². The number of nitrogens with zero attached hydrogens (tertiary/aromatic N) is 2. The van der Waals surface area contributed by atoms with Gasteiger partial charge in [0, 0.05) is 17.9 Å². The highest BCUT2D eigenvalue weighted by Gasteiger charge is 2.33. The van der Waals surface area contributed by atoms with Gasteiger partial charge in [0.05, 0.1) is 12.8 Å². The Hall–Kier alpha value is -1.80. The van der Waals surface area contributed by atoms with Crippen molar-refractivity contribution in [2.24, 2.45) is 5.73 Å². The Morgan fingerprint density at radius 3 is 2.41 bits per heavy atom. The molecule has 0 unspecified atom stereocenters. The maximum Gasteiger partial charge on any atom is 0.433 e. The lowest BCUT2D eigenvalue weighted by atomic mass is 10.1. The van der Waals surface area contributed by atoms with Crippen LogP contribution in [0.3, 0.4) is 0 Å². The van der Waals surface area contributed by atoms with Crippen molar-refractivity contribution < 1.29 is 17.9 Å². The molecule has 2 aromatic rings. The van der Waals surface area contributed by atoms with Gasteiger partial charge in [0.2, 0.25) is 0 Å². The lowest BCUT2D eigenvalue weighted by Crippen LogP contribution is -2.10. The molecular formula is C14H14F3N3OS. The first-order chi connectivity index (χ1) is 10.4. The number of ether oxygens (including phenoxy) is 1. The summed E-state index contributed by atoms with van der Waals surface area (Å²) in [5.74, 6) is 1.06. The Morgan fingerprint density at radius 2 is 1.86 bits per heavy atom. The molecule has 4 nitrogen and oxygen atoms in total. The summed E-state index contributed by atoms with van der Waals surface area (Å²) in [5, 5.41) is 0.0612. The molecule has 0 radical (unpaired) electrons. The fraction of sp³-hybridized carbons (Fsp3) is 0.286. The highest BCUT2D eigenvalue weighted by atomic mass is 32.2. The van der Waals surface area contributed by atoms with Gasteiger partial charge in [-0.25, -0.2) is 9.97 Å². The van der Waals surface area contributed by atoms with Crippen molar-refractivity contribution in [1.29, 1.82) is 0 Å². The van der Waals surface area contributed by atoms with Crippen LogP contribution in [0, 0.1) is 0 Å². The average Bonchev–Trinajstić information content (AvgIpc) is 2.52. The standard InChI is InChI=1S/C14H14F3N3OS/c1-21-10-4-2-9(3-5-10)11-8-12(14(15,16)17)20-13(19-11)22-7-6-18/h2-5,8H,6-7,18H2,1H3. The number of halogens is 3. The molecule has 2 rings (SSSR count). The largest absolute Gasteiger partial charge is 0.497 e. The number of aromatic nitrogens is 2. The van der Waals surface area contributed by atoms with Crippen LogP contribution < -0.4 is 10.5 Å². The van der Waals surface area contributed by atoms with E-state index < -0.39 is 11.9 Å². The minimum absolute atomic E-state index is 0.0612. The summed E-state index contributed by atoms with van der Waals surface area (Å²) < 4.78 is 43.9. The third kappa shape index (κ3) is 4.11. The van der Waals surface area contributed by atoms with E-state index in [4.69, 9.17) is 10.5 Å². The van der Waals surface area contributed by atoms with Crippen LogP contribution in [-0.2, 0) is 6.18 Å². The Morgan fingerprint density at radius 1 is 1.18 bits per heavy atom. The molecule has 0 aliphatic carbocycles. The Bertz CT molecular complexity index is 632. The van der Waals surface area contributed by atoms with Gasteiger partial charge in [0.25, 0.3) is 0 Å². The number of hydrogen-bond donors (Lipinski definition) is 1. The van der Waals surface area contributed by atoms with Gasteiger partial charge in [-0.15, -0.1) is 0 Å². The summed E-state index contributed by atoms with van der Waals surface area (Å²) in [7, 11) is 1.52. The second-order valence-electron chi connectivity index (χ2n) is 4.28. The molecule has 0 atom stereocenters. The second kappa shape index (κ2) is 6.97. The van der Waals surface area contributed by atoms with Gasteiger partial charge in [-0.2, -0.15) is 13.2 Å². The highest BCUT2D eigenvalue weighted by molar-refractivity contribution is 7.99. The normalized spacial score (nSPS) is 11.5. The maximum absolute atomic E-state index is 13.0. The van der Waals surface area contributed by atoms with Gasteiger partial charge >= 0.3 is 6.18 Å². The van der Waals surface area contributed by atoms with Gasteiger partial charge in [-0.1, -0.05) is 11.8 Å². The lowest BCUT2D eigenvalue weighted by molar-refractivity contribution is -0.141. The third-order valence-electron chi connectivity index (χ3n) is 2.73. The fourth-order valence-corrected chi connectivity index (χ4v) is 2.32. The summed E-state index contributed by atoms with van der Waals surface area (Å²) in [6, 6.07) is 7.57. The van der Waals surface area contributed by atoms with Crippen LogP contribution >= 0.6 is 11.8 Å². The predicted octanol–water partition coefficient (Wildman–Crippen LogP) is 3.22. The summed E-state index contributed by atoms with van der Waals surface area (Å²) in [6.45, 7) is 0.335. The molecule has 0 amide bonds. The van der Waals surface area contributed by atoms with E-state index in [1.807, 2.05) is 0 Å². The van der Waals surface area contributed by atoms with E-state index in [0.29, 0.717) is 23.6 Å². The molecule has 1 heterocycles. The molecule has 0 fully saturated rings. The summed E-state index contributed by atoms with van der Waals surface area (Å²) in [4.78, 5) is 7.71. The van der Waals surface area contributed by atoms with Crippen molar-refractivity contribution in [3.05, 3.63) is 36.0 Å². The summed E-state index contributed by atoms with van der Waals surface area (Å²) in [5.41, 5.74) is 5.17. The number of methoxy groups -OCH3 is 1. The van der Waals surface area contributed by atoms with Crippen molar-refractivity contribution >= 4 is 11.8 Å². The molecule has 1 aromatic carbocycles. The Labute approximate surface area is 129 Å². The van der Waals surface area contributed by atoms with E-state index in [9.17, 15) is 13.2 Å². The van der Waals surface area contributed by atoms with Crippen LogP contribution in [0.1, 0.15) is 5.69 Å². The van der Waals surface area contributed by atoms with Crippen LogP contribution in [0.15, 0.2) is 35.5 Å². The Balaban J connectivity index is 2.43. The zero-order valence-corrected chi connectivity index (χ0v) is 12.5. The zero-order chi connectivity index (χ0) is 16.2. The maximum atomic E-state index is 13.0. The van der Waals surface area contributed by atoms with Gasteiger partial charge in [-0.05, 0) is 30.3 Å². The van der Waals surface area contributed by atoms with Crippen molar-refractivity contribution in [3.63, 3.8) is 0 Å². The van der Waals surface area contributed by atoms with E-state index in [2.05, 4.69) is 9.97 Å². The van der Waals surface area contributed by atoms with Gasteiger partial charge in [0.1, 0.15) is 11.4 Å². The molecule has 22 heavy (non-hydrogen) atoms. The average molecular weight is 329 g/mol. The predicted molar refractivity (Wildman–Crippen MR) is 78.8 cm³/mol. The molecule has 0 bridgehead atoms. The summed E-state index contributed by atoms with van der Waals surface area (Å²) in [6.07, 6.45) is -4.53. The molecule has 0 aliphatic rings. The molecule has 118 valence electrons. The molecular weight excluding hydrogens is 315 g/mol. The fourth-order valence-electron chi connectivity index (χ4n) is 1.69. The molecule has 0 saturated heterocycles. The quantitative estimate of drug-likeness (QED) is 0.674. The first-order valence-electron chi connectivity index (χ1n) is 6.37. The van der Waals surface area contributed by atoms with E-state index in [1.54, 1.807) is 24.3 Å². The van der Waals surface area contributed by atoms with Crippen molar-refractivity contribution in [3.8, 4) is 17.0 Å². The van der Waals surface area contributed by atoms with Crippen LogP contribution in [0.4, 0.5) is 13.2 Å². The molecule has 2 N–H and O–H groups in total. The lowest BCUT2D eigenvalue weighted by Gasteiger charge is -2.10. The van der Waals surface area contributed by atoms with Crippen molar-refractivity contribution in [2.75, 3.05) is 19.4 Å². The summed E-state index contributed by atoms with van der Waals surface area (Å²) >= 11 is 1.10. The monoisotopic (exact) mass is 329 g/mol. The minimum atomic E-state index is -4.53. The number of rotatable bonds is 5. The van der Waals surface area contributed by atoms with Gasteiger partial charge in [0.15, 0.2) is 5.16 Å². The molecule has 0 saturated carbocycles. The van der Waals surface area contributed by atoms with Gasteiger partial charge in [-0.3, -0.25) is 0 Å². The minimum Gasteiger partial charge on any atom is -0.497 e. The SMILES string of the molecule is COc1ccc(-c2cc(C(F)(F)F)nc(SCCN)n2)cc1. The first kappa shape index (κ1) is 16.6. The van der Waals surface area contributed by atoms with Gasteiger partial charge < -0.3 is 10.5 Å². The van der Waals surface area contributed by atoms with E-state index >= 15 is 0 Å². The molecule has 1 aromatic heterocycles. The van der Waals surface area contributed by atoms with Crippen LogP contribution in [0.25, 0.3) is 11.3 Å². The van der Waals surface area contributed by atoms with Crippen LogP contribution in [0.2, 0.25) is 0 Å². The number of alkyl halides is 3. The molecule has 0 spiro atoms. The van der Waals surface area contributed by atoms with E-state index in [-0.39, 0.29) is 10.9 Å². The highest BCUT2D eigenvalue weighted by Crippen LogP contribution is 2.32. The zero-order valence-electron chi connectivity index (χ0n) is 11.7. The second-order valence-corrected chi connectivity index (χ2v) is 5.35. The number of hydrogen-bond acceptors (Lipinski definition) is 5. The smallest absolute Gasteiger partial charge is 0.433 e.